The summed E-state index contributed by atoms with van der Waals surface area (Å²) in [5.74, 6) is 0.504. The lowest BCUT2D eigenvalue weighted by Crippen LogP contribution is -2.22. The summed E-state index contributed by atoms with van der Waals surface area (Å²) in [7, 11) is 0. The first-order valence-corrected chi connectivity index (χ1v) is 6.08. The summed E-state index contributed by atoms with van der Waals surface area (Å²) in [4.78, 5) is 3.98. The lowest BCUT2D eigenvalue weighted by Gasteiger charge is -2.18. The normalized spacial score (nSPS) is 12.4. The first-order valence-electron chi connectivity index (χ1n) is 5.70. The van der Waals surface area contributed by atoms with Crippen molar-refractivity contribution in [2.45, 2.75) is 38.6 Å². The Morgan fingerprint density at radius 3 is 2.82 bits per heavy atom. The number of aliphatic hydroxyl groups is 1. The highest BCUT2D eigenvalue weighted by Gasteiger charge is 2.12. The van der Waals surface area contributed by atoms with Crippen LogP contribution < -0.4 is 11.1 Å². The minimum Gasteiger partial charge on any atom is -0.396 e. The molecule has 17 heavy (non-hydrogen) atoms. The quantitative estimate of drug-likeness (QED) is 0.686. The lowest BCUT2D eigenvalue weighted by atomic mass is 10.1. The van der Waals surface area contributed by atoms with Gasteiger partial charge in [0.2, 0.25) is 5.95 Å². The summed E-state index contributed by atoms with van der Waals surface area (Å²) in [6, 6.07) is 0.119. The highest BCUT2D eigenvalue weighted by molar-refractivity contribution is 6.31. The van der Waals surface area contributed by atoms with Crippen molar-refractivity contribution in [1.82, 2.24) is 15.2 Å². The molecule has 6 nitrogen and oxygen atoms in total. The van der Waals surface area contributed by atoms with Crippen LogP contribution in [0.4, 0.5) is 11.8 Å². The van der Waals surface area contributed by atoms with Crippen molar-refractivity contribution in [3.63, 3.8) is 0 Å². The topological polar surface area (TPSA) is 97.0 Å². The molecular weight excluding hydrogens is 242 g/mol. The van der Waals surface area contributed by atoms with Crippen molar-refractivity contribution in [3.05, 3.63) is 5.15 Å². The third-order valence-electron chi connectivity index (χ3n) is 2.39. The number of nitrogens with two attached hydrogens (primary N) is 1. The minimum absolute atomic E-state index is 0.0788. The maximum atomic E-state index is 8.99. The van der Waals surface area contributed by atoms with Crippen LogP contribution in [0, 0.1) is 0 Å². The standard InChI is InChI=1S/C10H18ClN5O/c1-2-3-4-7(5-6-17)13-9-8(11)15-16-10(12)14-9/h7,17H,2-6H2,1H3,(H3,12,13,14,16). The van der Waals surface area contributed by atoms with E-state index in [4.69, 9.17) is 22.4 Å². The van der Waals surface area contributed by atoms with Gasteiger partial charge in [-0.1, -0.05) is 31.4 Å². The number of nitrogens with one attached hydrogen (secondary N) is 1. The molecule has 0 aliphatic heterocycles. The minimum atomic E-state index is 0.0788. The van der Waals surface area contributed by atoms with Gasteiger partial charge in [0.1, 0.15) is 0 Å². The van der Waals surface area contributed by atoms with Crippen LogP contribution in [0.25, 0.3) is 0 Å². The number of rotatable bonds is 7. The zero-order chi connectivity index (χ0) is 12.7. The number of aromatic nitrogens is 3. The van der Waals surface area contributed by atoms with Crippen molar-refractivity contribution in [1.29, 1.82) is 0 Å². The molecule has 1 aromatic heterocycles. The molecule has 0 saturated heterocycles. The van der Waals surface area contributed by atoms with E-state index < -0.39 is 0 Å². The Labute approximate surface area is 106 Å². The number of hydrogen-bond acceptors (Lipinski definition) is 6. The molecule has 0 aliphatic rings. The van der Waals surface area contributed by atoms with Gasteiger partial charge in [0.05, 0.1) is 0 Å². The SMILES string of the molecule is CCCCC(CCO)Nc1nc(N)nnc1Cl. The largest absolute Gasteiger partial charge is 0.396 e. The Kier molecular flexibility index (Phi) is 5.93. The van der Waals surface area contributed by atoms with Gasteiger partial charge < -0.3 is 16.2 Å². The van der Waals surface area contributed by atoms with Crippen LogP contribution in [0.15, 0.2) is 0 Å². The molecule has 0 aliphatic carbocycles. The van der Waals surface area contributed by atoms with E-state index in [-0.39, 0.29) is 23.8 Å². The average molecular weight is 260 g/mol. The van der Waals surface area contributed by atoms with E-state index >= 15 is 0 Å². The molecule has 0 fully saturated rings. The van der Waals surface area contributed by atoms with Crippen LogP contribution in [0.5, 0.6) is 0 Å². The summed E-state index contributed by atoms with van der Waals surface area (Å²) in [6.07, 6.45) is 3.75. The molecule has 1 rings (SSSR count). The number of anilines is 2. The van der Waals surface area contributed by atoms with E-state index in [0.717, 1.165) is 19.3 Å². The van der Waals surface area contributed by atoms with Crippen molar-refractivity contribution in [2.24, 2.45) is 0 Å². The van der Waals surface area contributed by atoms with E-state index in [1.165, 1.54) is 0 Å². The van der Waals surface area contributed by atoms with Gasteiger partial charge in [0, 0.05) is 12.6 Å². The first kappa shape index (κ1) is 13.9. The average Bonchev–Trinajstić information content (AvgIpc) is 2.31. The van der Waals surface area contributed by atoms with Gasteiger partial charge in [-0.25, -0.2) is 0 Å². The van der Waals surface area contributed by atoms with Gasteiger partial charge in [-0.15, -0.1) is 10.2 Å². The second-order valence-electron chi connectivity index (χ2n) is 3.81. The van der Waals surface area contributed by atoms with Gasteiger partial charge in [-0.3, -0.25) is 0 Å². The number of hydrogen-bond donors (Lipinski definition) is 3. The lowest BCUT2D eigenvalue weighted by molar-refractivity contribution is 0.276. The van der Waals surface area contributed by atoms with Gasteiger partial charge >= 0.3 is 0 Å². The smallest absolute Gasteiger partial charge is 0.242 e. The van der Waals surface area contributed by atoms with Crippen LogP contribution in [0.3, 0.4) is 0 Å². The fourth-order valence-electron chi connectivity index (χ4n) is 1.51. The summed E-state index contributed by atoms with van der Waals surface area (Å²) in [6.45, 7) is 2.24. The molecule has 0 saturated carbocycles. The molecular formula is C10H18ClN5O. The van der Waals surface area contributed by atoms with Crippen molar-refractivity contribution in [3.8, 4) is 0 Å². The van der Waals surface area contributed by atoms with Crippen molar-refractivity contribution in [2.75, 3.05) is 17.7 Å². The van der Waals surface area contributed by atoms with E-state index in [0.29, 0.717) is 12.2 Å². The fourth-order valence-corrected chi connectivity index (χ4v) is 1.64. The molecule has 4 N–H and O–H groups in total. The summed E-state index contributed by atoms with van der Waals surface area (Å²) >= 11 is 5.86. The highest BCUT2D eigenvalue weighted by atomic mass is 35.5. The Hall–Kier alpha value is -1.14. The summed E-state index contributed by atoms with van der Waals surface area (Å²) < 4.78 is 0. The van der Waals surface area contributed by atoms with E-state index in [1.807, 2.05) is 0 Å². The van der Waals surface area contributed by atoms with Crippen LogP contribution in [0.1, 0.15) is 32.6 Å². The zero-order valence-corrected chi connectivity index (χ0v) is 10.6. The predicted molar refractivity (Wildman–Crippen MR) is 67.9 cm³/mol. The number of nitrogens with zero attached hydrogens (tertiary/aromatic N) is 3. The van der Waals surface area contributed by atoms with E-state index in [2.05, 4.69) is 27.4 Å². The van der Waals surface area contributed by atoms with E-state index in [1.54, 1.807) is 0 Å². The molecule has 0 aromatic carbocycles. The molecule has 0 amide bonds. The van der Waals surface area contributed by atoms with Gasteiger partial charge in [0.15, 0.2) is 11.0 Å². The maximum absolute atomic E-state index is 8.99. The monoisotopic (exact) mass is 259 g/mol. The Morgan fingerprint density at radius 1 is 1.41 bits per heavy atom. The number of unbranched alkanes of at least 4 members (excludes halogenated alkanes) is 1. The van der Waals surface area contributed by atoms with Crippen LogP contribution in [-0.2, 0) is 0 Å². The third kappa shape index (κ3) is 4.70. The Morgan fingerprint density at radius 2 is 2.18 bits per heavy atom. The van der Waals surface area contributed by atoms with Crippen LogP contribution >= 0.6 is 11.6 Å². The fraction of sp³-hybridized carbons (Fsp3) is 0.700. The van der Waals surface area contributed by atoms with Crippen molar-refractivity contribution >= 4 is 23.4 Å². The van der Waals surface area contributed by atoms with Crippen LogP contribution in [-0.4, -0.2) is 32.9 Å². The summed E-state index contributed by atoms with van der Waals surface area (Å²) in [5, 5.41) is 19.5. The number of halogens is 1. The molecule has 0 spiro atoms. The molecule has 1 heterocycles. The molecule has 0 radical (unpaired) electrons. The highest BCUT2D eigenvalue weighted by Crippen LogP contribution is 2.19. The summed E-state index contributed by atoms with van der Waals surface area (Å²) in [5.41, 5.74) is 5.44. The molecule has 1 unspecified atom stereocenters. The second-order valence-corrected chi connectivity index (χ2v) is 4.16. The van der Waals surface area contributed by atoms with Crippen LogP contribution in [0.2, 0.25) is 5.15 Å². The molecule has 7 heteroatoms. The van der Waals surface area contributed by atoms with Gasteiger partial charge in [-0.2, -0.15) is 4.98 Å². The van der Waals surface area contributed by atoms with Gasteiger partial charge in [-0.05, 0) is 12.8 Å². The Balaban J connectivity index is 2.67. The maximum Gasteiger partial charge on any atom is 0.242 e. The van der Waals surface area contributed by atoms with Gasteiger partial charge in [0.25, 0.3) is 0 Å². The third-order valence-corrected chi connectivity index (χ3v) is 2.64. The number of nitrogen functional groups attached to an aromatic ring is 1. The molecule has 96 valence electrons. The molecule has 1 atom stereocenters. The first-order chi connectivity index (χ1) is 8.17. The van der Waals surface area contributed by atoms with Crippen molar-refractivity contribution < 1.29 is 5.11 Å². The second kappa shape index (κ2) is 7.24. The molecule has 0 bridgehead atoms. The zero-order valence-electron chi connectivity index (χ0n) is 9.86. The molecule has 1 aromatic rings. The predicted octanol–water partition coefficient (Wildman–Crippen LogP) is 1.46. The Bertz CT molecular complexity index is 349. The van der Waals surface area contributed by atoms with E-state index in [9.17, 15) is 0 Å². The number of aliphatic hydroxyl groups excluding tert-OH is 1.